The molecule has 1 aliphatic carbocycles. The van der Waals surface area contributed by atoms with E-state index < -0.39 is 16.6 Å². The minimum atomic E-state index is -3.72. The Kier molecular flexibility index (Phi) is 4.84. The first-order chi connectivity index (χ1) is 11.0. The van der Waals surface area contributed by atoms with Crippen molar-refractivity contribution in [3.05, 3.63) is 24.3 Å². The lowest BCUT2D eigenvalue weighted by atomic mass is 10.1. The van der Waals surface area contributed by atoms with Crippen LogP contribution in [0, 0.1) is 0 Å². The molecule has 0 radical (unpaired) electrons. The molecule has 0 spiro atoms. The van der Waals surface area contributed by atoms with Gasteiger partial charge in [-0.3, -0.25) is 0 Å². The van der Waals surface area contributed by atoms with E-state index in [4.69, 9.17) is 0 Å². The zero-order valence-corrected chi connectivity index (χ0v) is 13.4. The summed E-state index contributed by atoms with van der Waals surface area (Å²) in [6, 6.07) is 5.37. The molecule has 1 saturated carbocycles. The highest BCUT2D eigenvalue weighted by molar-refractivity contribution is 7.89. The maximum Gasteiger partial charge on any atom is 0.387 e. The number of rotatable bonds is 6. The molecule has 0 bridgehead atoms. The van der Waals surface area contributed by atoms with Crippen molar-refractivity contribution in [3.63, 3.8) is 0 Å². The van der Waals surface area contributed by atoms with Gasteiger partial charge in [0.1, 0.15) is 5.75 Å². The van der Waals surface area contributed by atoms with E-state index in [0.717, 1.165) is 38.8 Å². The van der Waals surface area contributed by atoms with Crippen molar-refractivity contribution in [1.29, 1.82) is 0 Å². The zero-order valence-electron chi connectivity index (χ0n) is 12.6. The molecule has 1 heterocycles. The summed E-state index contributed by atoms with van der Waals surface area (Å²) < 4.78 is 56.6. The summed E-state index contributed by atoms with van der Waals surface area (Å²) in [5.74, 6) is -0.137. The Labute approximate surface area is 134 Å². The minimum Gasteiger partial charge on any atom is -0.435 e. The van der Waals surface area contributed by atoms with Crippen molar-refractivity contribution in [2.45, 2.75) is 49.3 Å². The average molecular weight is 346 g/mol. The Balaban J connectivity index is 1.88. The van der Waals surface area contributed by atoms with Crippen molar-refractivity contribution in [3.8, 4) is 5.75 Å². The standard InChI is InChI=1S/C15H20F2N2O3S/c16-15(17)22-13-2-1-3-14(10-13)23(20,21)19(11-4-5-11)12-6-8-18-9-7-12/h1-3,10-12,15,18H,4-9H2. The SMILES string of the molecule is O=S(=O)(c1cccc(OC(F)F)c1)N(C1CCNCC1)C1CC1. The molecule has 2 fully saturated rings. The van der Waals surface area contributed by atoms with E-state index >= 15 is 0 Å². The van der Waals surface area contributed by atoms with E-state index in [0.29, 0.717) is 0 Å². The van der Waals surface area contributed by atoms with Gasteiger partial charge in [-0.25, -0.2) is 8.42 Å². The van der Waals surface area contributed by atoms with Crippen LogP contribution in [-0.2, 0) is 10.0 Å². The molecule has 8 heteroatoms. The summed E-state index contributed by atoms with van der Waals surface area (Å²) in [5, 5.41) is 3.23. The topological polar surface area (TPSA) is 58.6 Å². The lowest BCUT2D eigenvalue weighted by molar-refractivity contribution is -0.0500. The number of nitrogens with one attached hydrogen (secondary N) is 1. The van der Waals surface area contributed by atoms with Crippen molar-refractivity contribution in [2.75, 3.05) is 13.1 Å². The van der Waals surface area contributed by atoms with Gasteiger partial charge < -0.3 is 10.1 Å². The van der Waals surface area contributed by atoms with Gasteiger partial charge in [0.05, 0.1) is 4.90 Å². The number of piperidine rings is 1. The van der Waals surface area contributed by atoms with Crippen LogP contribution < -0.4 is 10.1 Å². The maximum absolute atomic E-state index is 13.0. The molecule has 0 amide bonds. The summed E-state index contributed by atoms with van der Waals surface area (Å²) in [7, 11) is -3.72. The Hall–Kier alpha value is -1.25. The fourth-order valence-electron chi connectivity index (χ4n) is 3.01. The normalized spacial score (nSPS) is 20.2. The molecule has 1 N–H and O–H groups in total. The molecule has 2 aliphatic rings. The summed E-state index contributed by atoms with van der Waals surface area (Å²) in [6.07, 6.45) is 3.25. The third-order valence-electron chi connectivity index (χ3n) is 4.18. The molecule has 0 unspecified atom stereocenters. The molecule has 23 heavy (non-hydrogen) atoms. The van der Waals surface area contributed by atoms with Gasteiger partial charge in [-0.15, -0.1) is 0 Å². The number of alkyl halides is 2. The van der Waals surface area contributed by atoms with Gasteiger partial charge in [-0.1, -0.05) is 6.07 Å². The fourth-order valence-corrected chi connectivity index (χ4v) is 4.98. The summed E-state index contributed by atoms with van der Waals surface area (Å²) in [5.41, 5.74) is 0. The summed E-state index contributed by atoms with van der Waals surface area (Å²) in [6.45, 7) is -1.40. The number of benzene rings is 1. The van der Waals surface area contributed by atoms with Crippen LogP contribution in [0.2, 0.25) is 0 Å². The van der Waals surface area contributed by atoms with Gasteiger partial charge in [0.2, 0.25) is 10.0 Å². The van der Waals surface area contributed by atoms with Gasteiger partial charge >= 0.3 is 6.61 Å². The van der Waals surface area contributed by atoms with Crippen LogP contribution in [0.25, 0.3) is 0 Å². The van der Waals surface area contributed by atoms with E-state index in [9.17, 15) is 17.2 Å². The second-order valence-corrected chi connectivity index (χ2v) is 7.74. The fraction of sp³-hybridized carbons (Fsp3) is 0.600. The van der Waals surface area contributed by atoms with Crippen molar-refractivity contribution in [1.82, 2.24) is 9.62 Å². The average Bonchev–Trinajstić information content (AvgIpc) is 3.32. The van der Waals surface area contributed by atoms with Crippen LogP contribution in [0.5, 0.6) is 5.75 Å². The van der Waals surface area contributed by atoms with Crippen molar-refractivity contribution in [2.24, 2.45) is 0 Å². The molecule has 0 atom stereocenters. The molecule has 1 saturated heterocycles. The minimum absolute atomic E-state index is 0.0149. The van der Waals surface area contributed by atoms with Crippen molar-refractivity contribution >= 4 is 10.0 Å². The van der Waals surface area contributed by atoms with E-state index in [1.165, 1.54) is 24.3 Å². The Morgan fingerprint density at radius 1 is 1.13 bits per heavy atom. The first kappa shape index (κ1) is 16.6. The van der Waals surface area contributed by atoms with Crippen LogP contribution in [0.1, 0.15) is 25.7 Å². The van der Waals surface area contributed by atoms with Crippen LogP contribution in [0.4, 0.5) is 8.78 Å². The van der Waals surface area contributed by atoms with Crippen LogP contribution in [-0.4, -0.2) is 44.5 Å². The molecule has 1 aromatic carbocycles. The molecule has 5 nitrogen and oxygen atoms in total. The highest BCUT2D eigenvalue weighted by atomic mass is 32.2. The smallest absolute Gasteiger partial charge is 0.387 e. The lowest BCUT2D eigenvalue weighted by Crippen LogP contribution is -2.47. The molecular formula is C15H20F2N2O3S. The van der Waals surface area contributed by atoms with Gasteiger partial charge in [-0.2, -0.15) is 13.1 Å². The Morgan fingerprint density at radius 3 is 2.39 bits per heavy atom. The van der Waals surface area contributed by atoms with E-state index in [1.54, 1.807) is 4.31 Å². The molecule has 128 valence electrons. The summed E-state index contributed by atoms with van der Waals surface area (Å²) >= 11 is 0. The second-order valence-electron chi connectivity index (χ2n) is 5.90. The number of ether oxygens (including phenoxy) is 1. The number of hydrogen-bond donors (Lipinski definition) is 1. The first-order valence-electron chi connectivity index (χ1n) is 7.77. The number of hydrogen-bond acceptors (Lipinski definition) is 4. The van der Waals surface area contributed by atoms with Gasteiger partial charge in [0.15, 0.2) is 0 Å². The van der Waals surface area contributed by atoms with Crippen LogP contribution >= 0.6 is 0 Å². The zero-order chi connectivity index (χ0) is 16.4. The van der Waals surface area contributed by atoms with Gasteiger partial charge in [-0.05, 0) is 50.9 Å². The first-order valence-corrected chi connectivity index (χ1v) is 9.21. The number of halogens is 2. The predicted molar refractivity (Wildman–Crippen MR) is 81.0 cm³/mol. The van der Waals surface area contributed by atoms with Gasteiger partial charge in [0.25, 0.3) is 0 Å². The molecule has 1 aromatic rings. The Morgan fingerprint density at radius 2 is 1.78 bits per heavy atom. The van der Waals surface area contributed by atoms with E-state index in [1.807, 2.05) is 0 Å². The van der Waals surface area contributed by atoms with Crippen molar-refractivity contribution < 1.29 is 21.9 Å². The predicted octanol–water partition coefficient (Wildman–Crippen LogP) is 2.19. The van der Waals surface area contributed by atoms with E-state index in [-0.39, 0.29) is 22.7 Å². The Bertz CT molecular complexity index is 644. The largest absolute Gasteiger partial charge is 0.435 e. The number of sulfonamides is 1. The molecular weight excluding hydrogens is 326 g/mol. The van der Waals surface area contributed by atoms with Crippen LogP contribution in [0.15, 0.2) is 29.2 Å². The highest BCUT2D eigenvalue weighted by Crippen LogP contribution is 2.36. The van der Waals surface area contributed by atoms with Gasteiger partial charge in [0, 0.05) is 18.2 Å². The maximum atomic E-state index is 13.0. The lowest BCUT2D eigenvalue weighted by Gasteiger charge is -2.34. The molecule has 1 aliphatic heterocycles. The quantitative estimate of drug-likeness (QED) is 0.858. The third kappa shape index (κ3) is 3.81. The molecule has 3 rings (SSSR count). The monoisotopic (exact) mass is 346 g/mol. The second kappa shape index (κ2) is 6.70. The summed E-state index contributed by atoms with van der Waals surface area (Å²) in [4.78, 5) is 0.0149. The highest BCUT2D eigenvalue weighted by Gasteiger charge is 2.42. The van der Waals surface area contributed by atoms with E-state index in [2.05, 4.69) is 10.1 Å². The van der Waals surface area contributed by atoms with Crippen LogP contribution in [0.3, 0.4) is 0 Å². The number of nitrogens with zero attached hydrogens (tertiary/aromatic N) is 1. The third-order valence-corrected chi connectivity index (χ3v) is 6.18. The molecule has 0 aromatic heterocycles.